The Morgan fingerprint density at radius 3 is 2.62 bits per heavy atom. The zero-order valence-corrected chi connectivity index (χ0v) is 14.6. The summed E-state index contributed by atoms with van der Waals surface area (Å²) in [5.41, 5.74) is 2.42. The second-order valence-corrected chi connectivity index (χ2v) is 8.47. The maximum Gasteiger partial charge on any atom is 0.0558 e. The van der Waals surface area contributed by atoms with Crippen molar-refractivity contribution in [2.75, 3.05) is 26.7 Å². The van der Waals surface area contributed by atoms with E-state index in [1.54, 1.807) is 0 Å². The number of rotatable bonds is 5. The van der Waals surface area contributed by atoms with E-state index in [0.29, 0.717) is 16.7 Å². The summed E-state index contributed by atoms with van der Waals surface area (Å²) in [5.74, 6) is 1.51. The summed E-state index contributed by atoms with van der Waals surface area (Å²) in [7, 11) is 2.12. The molecule has 0 unspecified atom stereocenters. The van der Waals surface area contributed by atoms with E-state index in [0.717, 1.165) is 19.0 Å². The quantitative estimate of drug-likeness (QED) is 0.771. The molecule has 0 aromatic rings. The summed E-state index contributed by atoms with van der Waals surface area (Å²) in [6.45, 7) is 14.1. The third-order valence-corrected chi connectivity index (χ3v) is 6.60. The SMILES string of the molecule is C=C1CC[C@H]2C(C)(C)CCC[C@]2(C)[C@H]1CCN(C)CCO. The Balaban J connectivity index is 2.12. The van der Waals surface area contributed by atoms with Crippen LogP contribution in [0.5, 0.6) is 0 Å². The summed E-state index contributed by atoms with van der Waals surface area (Å²) >= 11 is 0. The van der Waals surface area contributed by atoms with Crippen LogP contribution in [-0.2, 0) is 0 Å². The van der Waals surface area contributed by atoms with Gasteiger partial charge in [0.1, 0.15) is 0 Å². The summed E-state index contributed by atoms with van der Waals surface area (Å²) in [4.78, 5) is 2.26. The predicted molar refractivity (Wildman–Crippen MR) is 90.3 cm³/mol. The molecule has 2 heteroatoms. The predicted octanol–water partition coefficient (Wildman–Crippen LogP) is 4.10. The van der Waals surface area contributed by atoms with Gasteiger partial charge in [-0.25, -0.2) is 0 Å². The van der Waals surface area contributed by atoms with Gasteiger partial charge in [-0.2, -0.15) is 0 Å². The average molecular weight is 293 g/mol. The zero-order valence-electron chi connectivity index (χ0n) is 14.6. The van der Waals surface area contributed by atoms with E-state index in [4.69, 9.17) is 5.11 Å². The van der Waals surface area contributed by atoms with Crippen LogP contribution in [0.4, 0.5) is 0 Å². The molecule has 21 heavy (non-hydrogen) atoms. The Labute approximate surface area is 131 Å². The molecule has 0 heterocycles. The highest BCUT2D eigenvalue weighted by atomic mass is 16.3. The molecule has 0 aliphatic heterocycles. The van der Waals surface area contributed by atoms with E-state index in [2.05, 4.69) is 39.3 Å². The van der Waals surface area contributed by atoms with E-state index in [-0.39, 0.29) is 6.61 Å². The standard InChI is InChI=1S/C19H35NO/c1-15-7-8-17-18(2,3)10-6-11-19(17,4)16(15)9-12-20(5)13-14-21/h16-17,21H,1,6-14H2,2-5H3/t16-,17-,19+/m0/s1. The van der Waals surface area contributed by atoms with Crippen molar-refractivity contribution in [1.82, 2.24) is 4.90 Å². The van der Waals surface area contributed by atoms with Gasteiger partial charge in [-0.3, -0.25) is 0 Å². The lowest BCUT2D eigenvalue weighted by Gasteiger charge is -2.58. The summed E-state index contributed by atoms with van der Waals surface area (Å²) in [5, 5.41) is 9.07. The molecule has 2 nitrogen and oxygen atoms in total. The average Bonchev–Trinajstić information content (AvgIpc) is 2.37. The fourth-order valence-corrected chi connectivity index (χ4v) is 5.44. The van der Waals surface area contributed by atoms with Gasteiger partial charge in [-0.1, -0.05) is 39.3 Å². The van der Waals surface area contributed by atoms with Crippen LogP contribution >= 0.6 is 0 Å². The molecular formula is C19H35NO. The van der Waals surface area contributed by atoms with Gasteiger partial charge in [0.2, 0.25) is 0 Å². The molecule has 2 saturated carbocycles. The van der Waals surface area contributed by atoms with Crippen LogP contribution in [0.2, 0.25) is 0 Å². The molecule has 0 spiro atoms. The molecule has 2 aliphatic carbocycles. The smallest absolute Gasteiger partial charge is 0.0558 e. The Morgan fingerprint density at radius 2 is 1.95 bits per heavy atom. The van der Waals surface area contributed by atoms with Gasteiger partial charge in [0.05, 0.1) is 6.61 Å². The highest BCUT2D eigenvalue weighted by Crippen LogP contribution is 2.61. The Hall–Kier alpha value is -0.340. The highest BCUT2D eigenvalue weighted by molar-refractivity contribution is 5.15. The molecule has 3 atom stereocenters. The van der Waals surface area contributed by atoms with E-state index in [1.165, 1.54) is 44.1 Å². The molecule has 0 bridgehead atoms. The molecule has 2 aliphatic rings. The van der Waals surface area contributed by atoms with Crippen molar-refractivity contribution in [3.8, 4) is 0 Å². The fourth-order valence-electron chi connectivity index (χ4n) is 5.44. The topological polar surface area (TPSA) is 23.5 Å². The van der Waals surface area contributed by atoms with E-state index in [1.807, 2.05) is 0 Å². The molecule has 0 radical (unpaired) electrons. The molecule has 2 rings (SSSR count). The first kappa shape index (κ1) is 17.0. The van der Waals surface area contributed by atoms with Crippen LogP contribution in [0, 0.1) is 22.7 Å². The largest absolute Gasteiger partial charge is 0.395 e. The third-order valence-electron chi connectivity index (χ3n) is 6.60. The second kappa shape index (κ2) is 6.42. The lowest BCUT2D eigenvalue weighted by atomic mass is 9.47. The normalized spacial score (nSPS) is 35.8. The van der Waals surface area contributed by atoms with Crippen LogP contribution < -0.4 is 0 Å². The maximum absolute atomic E-state index is 9.07. The van der Waals surface area contributed by atoms with Gasteiger partial charge in [-0.05, 0) is 68.4 Å². The second-order valence-electron chi connectivity index (χ2n) is 8.47. The van der Waals surface area contributed by atoms with Crippen LogP contribution in [-0.4, -0.2) is 36.8 Å². The number of fused-ring (bicyclic) bond motifs is 1. The lowest BCUT2D eigenvalue weighted by Crippen LogP contribution is -2.50. The van der Waals surface area contributed by atoms with Gasteiger partial charge >= 0.3 is 0 Å². The first-order valence-corrected chi connectivity index (χ1v) is 8.78. The van der Waals surface area contributed by atoms with Gasteiger partial charge < -0.3 is 10.0 Å². The molecule has 122 valence electrons. The van der Waals surface area contributed by atoms with Crippen molar-refractivity contribution in [1.29, 1.82) is 0 Å². The minimum absolute atomic E-state index is 0.259. The Morgan fingerprint density at radius 1 is 1.24 bits per heavy atom. The molecular weight excluding hydrogens is 258 g/mol. The number of aliphatic hydroxyl groups is 1. The zero-order chi connectivity index (χ0) is 15.7. The van der Waals surface area contributed by atoms with Gasteiger partial charge in [0, 0.05) is 6.54 Å². The van der Waals surface area contributed by atoms with Crippen molar-refractivity contribution in [2.24, 2.45) is 22.7 Å². The van der Waals surface area contributed by atoms with Gasteiger partial charge in [-0.15, -0.1) is 0 Å². The molecule has 0 aromatic heterocycles. The van der Waals surface area contributed by atoms with E-state index >= 15 is 0 Å². The highest BCUT2D eigenvalue weighted by Gasteiger charge is 2.52. The van der Waals surface area contributed by atoms with Crippen molar-refractivity contribution >= 4 is 0 Å². The minimum atomic E-state index is 0.259. The number of hydrogen-bond donors (Lipinski definition) is 1. The third kappa shape index (κ3) is 3.37. The number of likely N-dealkylation sites (N-methyl/N-ethyl adjacent to an activating group) is 1. The fraction of sp³-hybridized carbons (Fsp3) is 0.895. The van der Waals surface area contributed by atoms with E-state index in [9.17, 15) is 0 Å². The van der Waals surface area contributed by atoms with E-state index < -0.39 is 0 Å². The number of hydrogen-bond acceptors (Lipinski definition) is 2. The number of allylic oxidation sites excluding steroid dienone is 1. The number of nitrogens with zero attached hydrogens (tertiary/aromatic N) is 1. The number of aliphatic hydroxyl groups excluding tert-OH is 1. The summed E-state index contributed by atoms with van der Waals surface area (Å²) < 4.78 is 0. The van der Waals surface area contributed by atoms with Gasteiger partial charge in [0.15, 0.2) is 0 Å². The Kier molecular flexibility index (Phi) is 5.20. The van der Waals surface area contributed by atoms with Crippen LogP contribution in [0.25, 0.3) is 0 Å². The molecule has 0 amide bonds. The minimum Gasteiger partial charge on any atom is -0.395 e. The first-order valence-electron chi connectivity index (χ1n) is 8.78. The van der Waals surface area contributed by atoms with Crippen molar-refractivity contribution in [2.45, 2.75) is 59.3 Å². The van der Waals surface area contributed by atoms with Gasteiger partial charge in [0.25, 0.3) is 0 Å². The first-order chi connectivity index (χ1) is 9.81. The summed E-state index contributed by atoms with van der Waals surface area (Å²) in [6.07, 6.45) is 7.89. The van der Waals surface area contributed by atoms with Crippen molar-refractivity contribution in [3.63, 3.8) is 0 Å². The Bertz CT molecular complexity index is 376. The lowest BCUT2D eigenvalue weighted by molar-refractivity contribution is -0.0555. The molecule has 0 aromatic carbocycles. The van der Waals surface area contributed by atoms with Crippen molar-refractivity contribution in [3.05, 3.63) is 12.2 Å². The van der Waals surface area contributed by atoms with Crippen LogP contribution in [0.1, 0.15) is 59.3 Å². The molecule has 0 saturated heterocycles. The van der Waals surface area contributed by atoms with Crippen LogP contribution in [0.15, 0.2) is 12.2 Å². The van der Waals surface area contributed by atoms with Crippen molar-refractivity contribution < 1.29 is 5.11 Å². The maximum atomic E-state index is 9.07. The van der Waals surface area contributed by atoms with Crippen LogP contribution in [0.3, 0.4) is 0 Å². The molecule has 1 N–H and O–H groups in total. The summed E-state index contributed by atoms with van der Waals surface area (Å²) in [6, 6.07) is 0. The monoisotopic (exact) mass is 293 g/mol. The molecule has 2 fully saturated rings.